The second kappa shape index (κ2) is 5.90. The SMILES string of the molecule is CCS(=O)(=O)c1c(-c2nc3cc(C)ncc3n2C)nn2c1CCC(C)C2. The molecule has 7 nitrogen and oxygen atoms in total. The molecule has 138 valence electrons. The minimum atomic E-state index is -3.41. The van der Waals surface area contributed by atoms with Crippen molar-refractivity contribution in [2.24, 2.45) is 13.0 Å². The molecular weight excluding hydrogens is 350 g/mol. The molecule has 0 aromatic carbocycles. The summed E-state index contributed by atoms with van der Waals surface area (Å²) in [6.07, 6.45) is 3.48. The van der Waals surface area contributed by atoms with E-state index in [-0.39, 0.29) is 5.75 Å². The van der Waals surface area contributed by atoms with E-state index in [4.69, 9.17) is 10.1 Å². The Morgan fingerprint density at radius 1 is 1.35 bits per heavy atom. The van der Waals surface area contributed by atoms with Gasteiger partial charge in [0, 0.05) is 19.3 Å². The van der Waals surface area contributed by atoms with Gasteiger partial charge in [-0.15, -0.1) is 0 Å². The molecule has 3 aromatic rings. The van der Waals surface area contributed by atoms with Gasteiger partial charge in [-0.3, -0.25) is 9.67 Å². The van der Waals surface area contributed by atoms with Gasteiger partial charge in [-0.05, 0) is 31.7 Å². The number of aryl methyl sites for hydroxylation is 2. The third-order valence-electron chi connectivity index (χ3n) is 5.17. The molecule has 0 bridgehead atoms. The van der Waals surface area contributed by atoms with Crippen LogP contribution in [0.2, 0.25) is 0 Å². The molecular formula is C18H23N5O2S. The van der Waals surface area contributed by atoms with Gasteiger partial charge in [-0.2, -0.15) is 5.10 Å². The van der Waals surface area contributed by atoms with Crippen LogP contribution < -0.4 is 0 Å². The molecule has 8 heteroatoms. The fourth-order valence-electron chi connectivity index (χ4n) is 3.66. The lowest BCUT2D eigenvalue weighted by atomic mass is 10.0. The van der Waals surface area contributed by atoms with E-state index < -0.39 is 9.84 Å². The highest BCUT2D eigenvalue weighted by atomic mass is 32.2. The highest BCUT2D eigenvalue weighted by molar-refractivity contribution is 7.91. The zero-order chi connectivity index (χ0) is 18.6. The first-order valence-corrected chi connectivity index (χ1v) is 10.6. The third-order valence-corrected chi connectivity index (χ3v) is 6.99. The number of rotatable bonds is 3. The molecule has 0 saturated heterocycles. The van der Waals surface area contributed by atoms with Crippen LogP contribution in [0.3, 0.4) is 0 Å². The number of aromatic nitrogens is 5. The number of sulfone groups is 1. The summed E-state index contributed by atoms with van der Waals surface area (Å²) in [7, 11) is -1.53. The summed E-state index contributed by atoms with van der Waals surface area (Å²) in [6.45, 7) is 6.50. The number of nitrogens with zero attached hydrogens (tertiary/aromatic N) is 5. The van der Waals surface area contributed by atoms with Crippen LogP contribution in [0.5, 0.6) is 0 Å². The van der Waals surface area contributed by atoms with Crippen molar-refractivity contribution in [3.05, 3.63) is 23.7 Å². The average molecular weight is 373 g/mol. The van der Waals surface area contributed by atoms with E-state index in [1.807, 2.05) is 29.3 Å². The standard InChI is InChI=1S/C18H23N5O2S/c1-5-26(24,25)17-14-7-6-11(2)10-23(14)21-16(17)18-20-13-8-12(3)19-9-15(13)22(18)4/h8-9,11H,5-7,10H2,1-4H3. The number of imidazole rings is 1. The van der Waals surface area contributed by atoms with Crippen molar-refractivity contribution >= 4 is 20.9 Å². The highest BCUT2D eigenvalue weighted by Gasteiger charge is 2.32. The first-order valence-electron chi connectivity index (χ1n) is 8.93. The van der Waals surface area contributed by atoms with Gasteiger partial charge in [0.05, 0.1) is 28.7 Å². The molecule has 1 atom stereocenters. The van der Waals surface area contributed by atoms with Crippen molar-refractivity contribution in [2.45, 2.75) is 45.1 Å². The quantitative estimate of drug-likeness (QED) is 0.704. The lowest BCUT2D eigenvalue weighted by molar-refractivity contribution is 0.369. The van der Waals surface area contributed by atoms with E-state index in [2.05, 4.69) is 11.9 Å². The molecule has 4 rings (SSSR count). The Morgan fingerprint density at radius 2 is 2.12 bits per heavy atom. The van der Waals surface area contributed by atoms with Crippen molar-refractivity contribution in [1.82, 2.24) is 24.3 Å². The Morgan fingerprint density at radius 3 is 2.85 bits per heavy atom. The first-order chi connectivity index (χ1) is 12.3. The van der Waals surface area contributed by atoms with E-state index in [9.17, 15) is 8.42 Å². The fourth-order valence-corrected chi connectivity index (χ4v) is 4.94. The van der Waals surface area contributed by atoms with E-state index >= 15 is 0 Å². The summed E-state index contributed by atoms with van der Waals surface area (Å²) >= 11 is 0. The van der Waals surface area contributed by atoms with Gasteiger partial charge in [-0.25, -0.2) is 13.4 Å². The van der Waals surface area contributed by atoms with Crippen LogP contribution in [0.15, 0.2) is 17.2 Å². The fraction of sp³-hybridized carbons (Fsp3) is 0.500. The topological polar surface area (TPSA) is 82.7 Å². The lowest BCUT2D eigenvalue weighted by Crippen LogP contribution is -2.20. The van der Waals surface area contributed by atoms with E-state index in [0.717, 1.165) is 41.8 Å². The molecule has 0 amide bonds. The largest absolute Gasteiger partial charge is 0.324 e. The van der Waals surface area contributed by atoms with Crippen molar-refractivity contribution < 1.29 is 8.42 Å². The molecule has 1 aliphatic heterocycles. The van der Waals surface area contributed by atoms with Crippen LogP contribution in [0, 0.1) is 12.8 Å². The van der Waals surface area contributed by atoms with E-state index in [0.29, 0.717) is 22.3 Å². The minimum absolute atomic E-state index is 0.0544. The van der Waals surface area contributed by atoms with Gasteiger partial charge < -0.3 is 4.57 Å². The Labute approximate surface area is 153 Å². The van der Waals surface area contributed by atoms with Gasteiger partial charge in [0.25, 0.3) is 0 Å². The van der Waals surface area contributed by atoms with Gasteiger partial charge in [0.15, 0.2) is 15.7 Å². The molecule has 0 spiro atoms. The summed E-state index contributed by atoms with van der Waals surface area (Å²) in [4.78, 5) is 9.39. The predicted molar refractivity (Wildman–Crippen MR) is 99.7 cm³/mol. The van der Waals surface area contributed by atoms with Crippen LogP contribution in [0.25, 0.3) is 22.6 Å². The Balaban J connectivity index is 2.02. The molecule has 3 aromatic heterocycles. The Hall–Kier alpha value is -2.22. The second-order valence-corrected chi connectivity index (χ2v) is 9.38. The average Bonchev–Trinajstić information content (AvgIpc) is 3.12. The number of fused-ring (bicyclic) bond motifs is 2. The summed E-state index contributed by atoms with van der Waals surface area (Å²) in [5.41, 5.74) is 3.83. The monoisotopic (exact) mass is 373 g/mol. The van der Waals surface area contributed by atoms with Crippen LogP contribution in [0.1, 0.15) is 31.7 Å². The highest BCUT2D eigenvalue weighted by Crippen LogP contribution is 2.35. The maximum atomic E-state index is 12.9. The van der Waals surface area contributed by atoms with Crippen LogP contribution in [-0.4, -0.2) is 38.5 Å². The zero-order valence-corrected chi connectivity index (χ0v) is 16.3. The Kier molecular flexibility index (Phi) is 3.91. The van der Waals surface area contributed by atoms with Gasteiger partial charge in [-0.1, -0.05) is 13.8 Å². The first kappa shape index (κ1) is 17.2. The van der Waals surface area contributed by atoms with Gasteiger partial charge in [0.1, 0.15) is 10.6 Å². The third kappa shape index (κ3) is 2.55. The molecule has 4 heterocycles. The predicted octanol–water partition coefficient (Wildman–Crippen LogP) is 2.52. The summed E-state index contributed by atoms with van der Waals surface area (Å²) in [5, 5.41) is 4.70. The molecule has 0 aliphatic carbocycles. The van der Waals surface area contributed by atoms with Gasteiger partial charge in [0.2, 0.25) is 0 Å². The lowest BCUT2D eigenvalue weighted by Gasteiger charge is -2.20. The van der Waals surface area contributed by atoms with E-state index in [1.165, 1.54) is 0 Å². The second-order valence-electron chi connectivity index (χ2n) is 7.16. The van der Waals surface area contributed by atoms with Gasteiger partial charge >= 0.3 is 0 Å². The molecule has 0 N–H and O–H groups in total. The zero-order valence-electron chi connectivity index (χ0n) is 15.5. The Bertz CT molecular complexity index is 1110. The number of pyridine rings is 1. The summed E-state index contributed by atoms with van der Waals surface area (Å²) < 4.78 is 29.5. The minimum Gasteiger partial charge on any atom is -0.324 e. The molecule has 0 fully saturated rings. The van der Waals surface area contributed by atoms with Crippen molar-refractivity contribution in [3.8, 4) is 11.5 Å². The number of hydrogen-bond acceptors (Lipinski definition) is 5. The van der Waals surface area contributed by atoms with Crippen molar-refractivity contribution in [1.29, 1.82) is 0 Å². The molecule has 0 saturated carbocycles. The molecule has 26 heavy (non-hydrogen) atoms. The van der Waals surface area contributed by atoms with Crippen LogP contribution >= 0.6 is 0 Å². The maximum absolute atomic E-state index is 12.9. The maximum Gasteiger partial charge on any atom is 0.182 e. The van der Waals surface area contributed by atoms with Crippen molar-refractivity contribution in [2.75, 3.05) is 5.75 Å². The molecule has 1 unspecified atom stereocenters. The number of hydrogen-bond donors (Lipinski definition) is 0. The summed E-state index contributed by atoms with van der Waals surface area (Å²) in [5.74, 6) is 1.12. The smallest absolute Gasteiger partial charge is 0.182 e. The molecule has 0 radical (unpaired) electrons. The van der Waals surface area contributed by atoms with Crippen LogP contribution in [-0.2, 0) is 29.9 Å². The summed E-state index contributed by atoms with van der Waals surface area (Å²) in [6, 6.07) is 1.91. The van der Waals surface area contributed by atoms with Crippen LogP contribution in [0.4, 0.5) is 0 Å². The molecule has 1 aliphatic rings. The van der Waals surface area contributed by atoms with Crippen molar-refractivity contribution in [3.63, 3.8) is 0 Å². The van der Waals surface area contributed by atoms with E-state index in [1.54, 1.807) is 13.1 Å². The normalized spacial score (nSPS) is 17.6.